The molecule has 1 heteroatoms. The first-order valence-corrected chi connectivity index (χ1v) is 4.52. The second-order valence-electron chi connectivity index (χ2n) is 3.49. The molecule has 1 aliphatic heterocycles. The second-order valence-corrected chi connectivity index (χ2v) is 3.49. The molecule has 0 atom stereocenters. The van der Waals surface area contributed by atoms with Gasteiger partial charge in [-0.15, -0.1) is 0 Å². The maximum Gasteiger partial charge on any atom is 0.00952 e. The number of likely N-dealkylation sites (tertiary alicyclic amines) is 1. The van der Waals surface area contributed by atoms with Gasteiger partial charge in [0.25, 0.3) is 0 Å². The first-order valence-electron chi connectivity index (χ1n) is 4.52. The monoisotopic (exact) mass is 138 g/mol. The molecule has 2 rings (SSSR count). The van der Waals surface area contributed by atoms with Crippen molar-refractivity contribution < 1.29 is 0 Å². The van der Waals surface area contributed by atoms with Crippen LogP contribution in [-0.2, 0) is 0 Å². The Morgan fingerprint density at radius 1 is 1.10 bits per heavy atom. The summed E-state index contributed by atoms with van der Waals surface area (Å²) in [7, 11) is 0. The predicted molar refractivity (Wildman–Crippen MR) is 42.7 cm³/mol. The predicted octanol–water partition coefficient (Wildman–Crippen LogP) is 1.84. The highest BCUT2D eigenvalue weighted by atomic mass is 15.2. The zero-order valence-corrected chi connectivity index (χ0v) is 6.55. The molecule has 0 N–H and O–H groups in total. The molecular weight excluding hydrogens is 122 g/mol. The second kappa shape index (κ2) is 2.91. The van der Waals surface area contributed by atoms with Crippen molar-refractivity contribution in [2.24, 2.45) is 0 Å². The molecule has 0 bridgehead atoms. The van der Waals surface area contributed by atoms with E-state index in [1.165, 1.54) is 45.2 Å². The van der Waals surface area contributed by atoms with Crippen LogP contribution in [0, 0.1) is 6.42 Å². The smallest absolute Gasteiger partial charge is 0.00952 e. The minimum Gasteiger partial charge on any atom is -0.300 e. The summed E-state index contributed by atoms with van der Waals surface area (Å²) in [5, 5.41) is 0. The lowest BCUT2D eigenvalue weighted by Crippen LogP contribution is -2.43. The molecule has 1 nitrogen and oxygen atoms in total. The highest BCUT2D eigenvalue weighted by Gasteiger charge is 2.25. The Balaban J connectivity index is 1.78. The minimum atomic E-state index is 0.980. The Bertz CT molecular complexity index is 101. The number of piperidine rings is 1. The average Bonchev–Trinajstić information content (AvgIpc) is 1.86. The quantitative estimate of drug-likeness (QED) is 0.534. The summed E-state index contributed by atoms with van der Waals surface area (Å²) in [6.07, 6.45) is 9.51. The highest BCUT2D eigenvalue weighted by Crippen LogP contribution is 2.26. The topological polar surface area (TPSA) is 3.24 Å². The van der Waals surface area contributed by atoms with Gasteiger partial charge in [-0.1, -0.05) is 6.42 Å². The van der Waals surface area contributed by atoms with Crippen LogP contribution in [0.1, 0.15) is 32.1 Å². The third-order valence-corrected chi connectivity index (χ3v) is 2.83. The summed E-state index contributed by atoms with van der Waals surface area (Å²) in [5.74, 6) is 0. The van der Waals surface area contributed by atoms with Crippen LogP contribution in [0.5, 0.6) is 0 Å². The van der Waals surface area contributed by atoms with Crippen LogP contribution in [-0.4, -0.2) is 24.0 Å². The van der Waals surface area contributed by atoms with Gasteiger partial charge < -0.3 is 4.90 Å². The van der Waals surface area contributed by atoms with Crippen LogP contribution in [0.25, 0.3) is 0 Å². The molecule has 1 aliphatic carbocycles. The normalized spacial score (nSPS) is 30.0. The van der Waals surface area contributed by atoms with Crippen molar-refractivity contribution in [2.75, 3.05) is 13.1 Å². The van der Waals surface area contributed by atoms with Gasteiger partial charge in [-0.05, 0) is 45.2 Å². The van der Waals surface area contributed by atoms with Crippen LogP contribution in [0.4, 0.5) is 0 Å². The fraction of sp³-hybridized carbons (Fsp3) is 0.889. The van der Waals surface area contributed by atoms with E-state index in [2.05, 4.69) is 11.3 Å². The number of hydrogen-bond acceptors (Lipinski definition) is 1. The molecule has 0 aromatic carbocycles. The molecule has 2 aliphatic rings. The Morgan fingerprint density at radius 2 is 1.80 bits per heavy atom. The van der Waals surface area contributed by atoms with E-state index in [1.54, 1.807) is 0 Å². The van der Waals surface area contributed by atoms with Gasteiger partial charge in [0, 0.05) is 6.04 Å². The summed E-state index contributed by atoms with van der Waals surface area (Å²) >= 11 is 0. The zero-order chi connectivity index (χ0) is 6.81. The molecule has 2 fully saturated rings. The summed E-state index contributed by atoms with van der Waals surface area (Å²) in [4.78, 5) is 2.67. The Morgan fingerprint density at radius 3 is 2.30 bits per heavy atom. The lowest BCUT2D eigenvalue weighted by molar-refractivity contribution is 0.117. The minimum absolute atomic E-state index is 0.980. The molecule has 1 saturated carbocycles. The summed E-state index contributed by atoms with van der Waals surface area (Å²) in [6.45, 7) is 2.68. The molecule has 0 amide bonds. The standard InChI is InChI=1S/C9H16N/c1-2-7-10(8-3-1)9-5-4-6-9/h1,9H,2-8H2. The molecule has 1 heterocycles. The Kier molecular flexibility index (Phi) is 1.94. The van der Waals surface area contributed by atoms with Crippen molar-refractivity contribution in [3.8, 4) is 0 Å². The SMILES string of the molecule is [CH]1CCN(C2CCC2)CC1. The van der Waals surface area contributed by atoms with Crippen molar-refractivity contribution >= 4 is 0 Å². The van der Waals surface area contributed by atoms with Crippen molar-refractivity contribution in [1.29, 1.82) is 0 Å². The van der Waals surface area contributed by atoms with Crippen molar-refractivity contribution in [2.45, 2.75) is 38.1 Å². The van der Waals surface area contributed by atoms with Gasteiger partial charge in [0.2, 0.25) is 0 Å². The van der Waals surface area contributed by atoms with Crippen LogP contribution in [0.15, 0.2) is 0 Å². The summed E-state index contributed by atoms with van der Waals surface area (Å²) in [6, 6.07) is 0.980. The van der Waals surface area contributed by atoms with Gasteiger partial charge in [-0.2, -0.15) is 0 Å². The first-order chi connectivity index (χ1) is 4.97. The van der Waals surface area contributed by atoms with Crippen LogP contribution < -0.4 is 0 Å². The van der Waals surface area contributed by atoms with Gasteiger partial charge in [0.05, 0.1) is 0 Å². The maximum absolute atomic E-state index is 2.67. The zero-order valence-electron chi connectivity index (χ0n) is 6.55. The molecule has 0 aromatic heterocycles. The molecule has 57 valence electrons. The fourth-order valence-electron chi connectivity index (χ4n) is 1.89. The Hall–Kier alpha value is -0.0400. The number of hydrogen-bond donors (Lipinski definition) is 0. The average molecular weight is 138 g/mol. The Labute approximate surface area is 63.4 Å². The van der Waals surface area contributed by atoms with Crippen LogP contribution >= 0.6 is 0 Å². The molecule has 1 radical (unpaired) electrons. The highest BCUT2D eigenvalue weighted by molar-refractivity contribution is 4.85. The van der Waals surface area contributed by atoms with E-state index < -0.39 is 0 Å². The molecule has 10 heavy (non-hydrogen) atoms. The summed E-state index contributed by atoms with van der Waals surface area (Å²) in [5.41, 5.74) is 0. The van der Waals surface area contributed by atoms with Crippen LogP contribution in [0.2, 0.25) is 0 Å². The fourth-order valence-corrected chi connectivity index (χ4v) is 1.89. The molecule has 0 unspecified atom stereocenters. The van der Waals surface area contributed by atoms with Crippen molar-refractivity contribution in [1.82, 2.24) is 4.90 Å². The van der Waals surface area contributed by atoms with E-state index in [0.717, 1.165) is 6.04 Å². The van der Waals surface area contributed by atoms with Gasteiger partial charge in [0.1, 0.15) is 0 Å². The van der Waals surface area contributed by atoms with Gasteiger partial charge in [-0.3, -0.25) is 0 Å². The van der Waals surface area contributed by atoms with Crippen LogP contribution in [0.3, 0.4) is 0 Å². The largest absolute Gasteiger partial charge is 0.300 e. The third-order valence-electron chi connectivity index (χ3n) is 2.83. The lowest BCUT2D eigenvalue weighted by atomic mass is 9.90. The van der Waals surface area contributed by atoms with Crippen molar-refractivity contribution in [3.63, 3.8) is 0 Å². The number of rotatable bonds is 1. The van der Waals surface area contributed by atoms with Gasteiger partial charge in [-0.25, -0.2) is 0 Å². The molecule has 0 aromatic rings. The van der Waals surface area contributed by atoms with Crippen molar-refractivity contribution in [3.05, 3.63) is 6.42 Å². The number of nitrogens with zero attached hydrogens (tertiary/aromatic N) is 1. The molecule has 0 spiro atoms. The maximum atomic E-state index is 2.67. The van der Waals surface area contributed by atoms with E-state index in [4.69, 9.17) is 0 Å². The van der Waals surface area contributed by atoms with E-state index in [-0.39, 0.29) is 0 Å². The van der Waals surface area contributed by atoms with E-state index >= 15 is 0 Å². The van der Waals surface area contributed by atoms with Gasteiger partial charge >= 0.3 is 0 Å². The lowest BCUT2D eigenvalue weighted by Gasteiger charge is -2.39. The van der Waals surface area contributed by atoms with E-state index in [1.807, 2.05) is 0 Å². The third kappa shape index (κ3) is 1.20. The summed E-state index contributed by atoms with van der Waals surface area (Å²) < 4.78 is 0. The molecular formula is C9H16N. The van der Waals surface area contributed by atoms with E-state index in [0.29, 0.717) is 0 Å². The molecule has 1 saturated heterocycles. The van der Waals surface area contributed by atoms with E-state index in [9.17, 15) is 0 Å². The van der Waals surface area contributed by atoms with Gasteiger partial charge in [0.15, 0.2) is 0 Å². The first kappa shape index (κ1) is 6.66.